The number of hydrogen-bond donors (Lipinski definition) is 6. The van der Waals surface area contributed by atoms with Gasteiger partial charge in [-0.3, -0.25) is 38.4 Å². The number of carbonyl (C=O) groups excluding carboxylic acids is 10. The molecule has 0 aromatic heterocycles. The highest BCUT2D eigenvalue weighted by molar-refractivity contribution is 5.97. The second-order valence-electron chi connectivity index (χ2n) is 25.5. The van der Waals surface area contributed by atoms with Crippen molar-refractivity contribution in [3.8, 4) is 0 Å². The van der Waals surface area contributed by atoms with Crippen LogP contribution in [-0.4, -0.2) is 163 Å². The minimum Gasteiger partial charge on any atom is -0.445 e. The molecule has 0 radical (unpaired) electrons. The number of Topliss-reactive ketones (excluding diaryl/α,β-unsaturated/α-hetero) is 3. The summed E-state index contributed by atoms with van der Waals surface area (Å²) in [4.78, 5) is 139. The van der Waals surface area contributed by atoms with Crippen molar-refractivity contribution in [1.82, 2.24) is 30.7 Å². The SMILES string of the molecule is CCC(=O)CCCCC(=O)N[C@H](C(=O)C[C@@H](CCCNC(N)=O)C(=O)Nc1ccc(COC(=O)N(C)[C@H](C(=O)C[C@H](C(=O)N(C)[C@@H]([C@@H](C)CC)[C@@H](CC(=O)N2CCC[C@@H]2[C@@H](OC)[C@H](C)C(=O)N[C@@H](C)[C@H](O)c2ccccc2)OC)C(C)C)C(C)C)cc1)C(C)C. The molecule has 1 saturated heterocycles. The van der Waals surface area contributed by atoms with E-state index in [0.717, 1.165) is 0 Å². The molecule has 1 aliphatic heterocycles. The van der Waals surface area contributed by atoms with E-state index in [1.54, 1.807) is 87.9 Å². The van der Waals surface area contributed by atoms with Gasteiger partial charge in [0.1, 0.15) is 12.4 Å². The molecule has 0 saturated carbocycles. The number of ether oxygens (including phenoxy) is 3. The van der Waals surface area contributed by atoms with Gasteiger partial charge in [0.25, 0.3) is 0 Å². The quantitative estimate of drug-likeness (QED) is 0.0342. The molecule has 504 valence electrons. The third kappa shape index (κ3) is 23.8. The number of ketones is 3. The average Bonchev–Trinajstić information content (AvgIpc) is 1.45. The van der Waals surface area contributed by atoms with Crippen LogP contribution in [-0.2, 0) is 59.2 Å². The summed E-state index contributed by atoms with van der Waals surface area (Å²) in [5.74, 6) is -5.52. The summed E-state index contributed by atoms with van der Waals surface area (Å²) in [6, 6.07) is 11.5. The van der Waals surface area contributed by atoms with E-state index in [4.69, 9.17) is 19.9 Å². The number of likely N-dealkylation sites (tertiary alicyclic amines) is 1. The Morgan fingerprint density at radius 1 is 0.733 bits per heavy atom. The third-order valence-corrected chi connectivity index (χ3v) is 17.7. The molecule has 0 bridgehead atoms. The smallest absolute Gasteiger partial charge is 0.410 e. The first-order chi connectivity index (χ1) is 42.5. The molecular weight excluding hydrogens is 1150 g/mol. The Hall–Kier alpha value is -6.78. The molecule has 7 N–H and O–H groups in total. The molecule has 0 spiro atoms. The minimum absolute atomic E-state index is 0.0643. The van der Waals surface area contributed by atoms with Crippen molar-refractivity contribution in [3.63, 3.8) is 0 Å². The summed E-state index contributed by atoms with van der Waals surface area (Å²) in [6.07, 6.45) is 1.03. The van der Waals surface area contributed by atoms with Crippen LogP contribution in [0.2, 0.25) is 0 Å². The van der Waals surface area contributed by atoms with E-state index < -0.39 is 84.3 Å². The van der Waals surface area contributed by atoms with Gasteiger partial charge in [-0.25, -0.2) is 9.59 Å². The number of urea groups is 1. The predicted molar refractivity (Wildman–Crippen MR) is 345 cm³/mol. The predicted octanol–water partition coefficient (Wildman–Crippen LogP) is 8.31. The second kappa shape index (κ2) is 38.8. The summed E-state index contributed by atoms with van der Waals surface area (Å²) >= 11 is 0. The third-order valence-electron chi connectivity index (χ3n) is 17.7. The number of likely N-dealkylation sites (N-methyl/N-ethyl adjacent to an activating group) is 2. The van der Waals surface area contributed by atoms with Crippen molar-refractivity contribution in [2.75, 3.05) is 46.7 Å². The van der Waals surface area contributed by atoms with Gasteiger partial charge in [0.2, 0.25) is 29.5 Å². The lowest BCUT2D eigenvalue weighted by Crippen LogP contribution is -2.55. The maximum Gasteiger partial charge on any atom is 0.410 e. The van der Waals surface area contributed by atoms with Crippen LogP contribution < -0.4 is 27.0 Å². The number of primary amides is 1. The molecule has 2 aromatic rings. The van der Waals surface area contributed by atoms with Crippen LogP contribution >= 0.6 is 0 Å². The van der Waals surface area contributed by atoms with E-state index in [1.807, 2.05) is 59.7 Å². The zero-order chi connectivity index (χ0) is 67.5. The van der Waals surface area contributed by atoms with E-state index in [1.165, 1.54) is 26.2 Å². The fourth-order valence-corrected chi connectivity index (χ4v) is 12.1. The Morgan fingerprint density at radius 2 is 1.38 bits per heavy atom. The number of nitrogens with one attached hydrogen (secondary N) is 4. The van der Waals surface area contributed by atoms with Gasteiger partial charge in [0.15, 0.2) is 11.6 Å². The molecule has 3 rings (SSSR count). The summed E-state index contributed by atoms with van der Waals surface area (Å²) in [5, 5.41) is 22.1. The number of nitrogens with zero attached hydrogens (tertiary/aromatic N) is 3. The maximum atomic E-state index is 14.9. The highest BCUT2D eigenvalue weighted by Gasteiger charge is 2.44. The van der Waals surface area contributed by atoms with Gasteiger partial charge in [-0.2, -0.15) is 0 Å². The van der Waals surface area contributed by atoms with Crippen LogP contribution in [0.15, 0.2) is 54.6 Å². The Morgan fingerprint density at radius 3 is 1.94 bits per heavy atom. The lowest BCUT2D eigenvalue weighted by molar-refractivity contribution is -0.149. The van der Waals surface area contributed by atoms with Crippen molar-refractivity contribution >= 4 is 64.7 Å². The molecule has 22 heteroatoms. The van der Waals surface area contributed by atoms with E-state index in [2.05, 4.69) is 21.3 Å². The second-order valence-corrected chi connectivity index (χ2v) is 25.5. The fourth-order valence-electron chi connectivity index (χ4n) is 12.1. The first-order valence-corrected chi connectivity index (χ1v) is 32.4. The van der Waals surface area contributed by atoms with Crippen LogP contribution in [0.4, 0.5) is 15.3 Å². The van der Waals surface area contributed by atoms with Crippen LogP contribution in [0.1, 0.15) is 177 Å². The summed E-state index contributed by atoms with van der Waals surface area (Å²) in [5.41, 5.74) is 6.89. The molecule has 2 aromatic carbocycles. The highest BCUT2D eigenvalue weighted by Crippen LogP contribution is 2.32. The van der Waals surface area contributed by atoms with Gasteiger partial charge in [-0.15, -0.1) is 0 Å². The van der Waals surface area contributed by atoms with Crippen LogP contribution in [0.3, 0.4) is 0 Å². The molecule has 1 fully saturated rings. The van der Waals surface area contributed by atoms with Crippen LogP contribution in [0, 0.1) is 41.4 Å². The minimum atomic E-state index is -0.960. The number of amides is 8. The van der Waals surface area contributed by atoms with E-state index in [-0.39, 0.29) is 110 Å². The zero-order valence-corrected chi connectivity index (χ0v) is 56.3. The van der Waals surface area contributed by atoms with Crippen molar-refractivity contribution in [2.45, 2.75) is 215 Å². The van der Waals surface area contributed by atoms with Crippen molar-refractivity contribution in [2.24, 2.45) is 47.2 Å². The van der Waals surface area contributed by atoms with Crippen LogP contribution in [0.25, 0.3) is 0 Å². The number of methoxy groups -OCH3 is 2. The van der Waals surface area contributed by atoms with E-state index in [9.17, 15) is 53.1 Å². The molecular formula is C68H108N8O14. The Labute approximate surface area is 534 Å². The number of benzene rings is 2. The molecule has 1 aliphatic rings. The summed E-state index contributed by atoms with van der Waals surface area (Å²) in [7, 11) is 6.21. The van der Waals surface area contributed by atoms with Crippen LogP contribution in [0.5, 0.6) is 0 Å². The van der Waals surface area contributed by atoms with Crippen molar-refractivity contribution in [3.05, 3.63) is 65.7 Å². The topological polar surface area (TPSA) is 302 Å². The fraction of sp³-hybridized carbons (Fsp3) is 0.676. The maximum absolute atomic E-state index is 14.9. The van der Waals surface area contributed by atoms with Gasteiger partial charge in [0, 0.05) is 91.0 Å². The highest BCUT2D eigenvalue weighted by atomic mass is 16.6. The van der Waals surface area contributed by atoms with Crippen molar-refractivity contribution in [1.29, 1.82) is 0 Å². The molecule has 90 heavy (non-hydrogen) atoms. The van der Waals surface area contributed by atoms with Gasteiger partial charge in [-0.05, 0) is 92.4 Å². The Bertz CT molecular complexity index is 2640. The lowest BCUT2D eigenvalue weighted by Gasteiger charge is -2.41. The summed E-state index contributed by atoms with van der Waals surface area (Å²) < 4.78 is 17.8. The standard InChI is InChI=1S/C68H108N8O14/c1-16-44(9)61(56(88-14)39-58(81)76-36-24-29-53(76)63(89-15)45(10)64(83)71-46(11)62(82)48-25-19-18-20-26-48)74(12)66(85)52(41(3)4)38-55(79)60(43(7)8)75(13)68(87)90-40-47-31-33-50(34-32-47)72-65(84)49(27-23-35-70-67(69)86)37-54(78)59(42(5)6)73-57(80)30-22-21-28-51(77)17-2/h18-20,25-26,31-34,41-46,49,52-53,56,59-63,82H,16-17,21-24,27-30,35-40H2,1-15H3,(H,71,83)(H,72,84)(H,73,80)(H3,69,70,86)/t44-,45-,46-,49+,52-,53+,56+,59-,60-,61-,62-,63-/m0/s1. The average molecular weight is 1260 g/mol. The number of anilines is 1. The number of aliphatic hydroxyl groups excluding tert-OH is 1. The number of carbonyl (C=O) groups is 10. The first-order valence-electron chi connectivity index (χ1n) is 32.4. The Balaban J connectivity index is 1.70. The number of rotatable bonds is 40. The number of aliphatic hydroxyl groups is 1. The molecule has 22 nitrogen and oxygen atoms in total. The van der Waals surface area contributed by atoms with Gasteiger partial charge in [-0.1, -0.05) is 118 Å². The molecule has 12 atom stereocenters. The first kappa shape index (κ1) is 77.5. The largest absolute Gasteiger partial charge is 0.445 e. The molecule has 0 aliphatic carbocycles. The lowest BCUT2D eigenvalue weighted by atomic mass is 9.83. The van der Waals surface area contributed by atoms with Gasteiger partial charge >= 0.3 is 12.1 Å². The summed E-state index contributed by atoms with van der Waals surface area (Å²) in [6.45, 7) is 20.7. The van der Waals surface area contributed by atoms with E-state index >= 15 is 0 Å². The number of nitrogens with two attached hydrogens (primary N) is 1. The number of unbranched alkanes of at least 4 members (excludes halogenated alkanes) is 1. The monoisotopic (exact) mass is 1260 g/mol. The zero-order valence-electron chi connectivity index (χ0n) is 56.3. The molecule has 8 amide bonds. The van der Waals surface area contributed by atoms with Crippen molar-refractivity contribution < 1.29 is 67.3 Å². The van der Waals surface area contributed by atoms with Gasteiger partial charge in [0.05, 0.1) is 60.9 Å². The Kier molecular flexibility index (Phi) is 33.4. The van der Waals surface area contributed by atoms with E-state index in [0.29, 0.717) is 74.7 Å². The van der Waals surface area contributed by atoms with Gasteiger partial charge < -0.3 is 61.0 Å². The molecule has 0 unspecified atom stereocenters. The number of hydrogen-bond acceptors (Lipinski definition) is 14. The normalized spacial score (nSPS) is 16.9. The molecule has 1 heterocycles.